The number of nitrogens with zero attached hydrogens (tertiary/aromatic N) is 1. The molecular weight excluding hydrogens is 250 g/mol. The quantitative estimate of drug-likeness (QED) is 0.663. The van der Waals surface area contributed by atoms with Crippen molar-refractivity contribution in [1.29, 1.82) is 0 Å². The number of nitrogens with two attached hydrogens (primary N) is 1. The van der Waals surface area contributed by atoms with E-state index in [9.17, 15) is 4.79 Å². The Morgan fingerprint density at radius 2 is 2.05 bits per heavy atom. The maximum Gasteiger partial charge on any atom is 0.249 e. The van der Waals surface area contributed by atoms with E-state index in [1.807, 2.05) is 38.1 Å². The molecule has 1 heterocycles. The number of hydrogen-bond donors (Lipinski definition) is 2. The molecule has 0 saturated carbocycles. The molecule has 4 nitrogen and oxygen atoms in total. The Hall–Kier alpha value is -2.62. The number of rotatable bonds is 3. The van der Waals surface area contributed by atoms with Crippen molar-refractivity contribution in [3.63, 3.8) is 0 Å². The highest BCUT2D eigenvalue weighted by Gasteiger charge is 2.01. The normalized spacial score (nSPS) is 10.7. The van der Waals surface area contributed by atoms with Crippen molar-refractivity contribution in [3.05, 3.63) is 59.3 Å². The summed E-state index contributed by atoms with van der Waals surface area (Å²) in [5.74, 6) is 0.342. The van der Waals surface area contributed by atoms with Gasteiger partial charge in [0.2, 0.25) is 5.91 Å². The first kappa shape index (κ1) is 13.8. The second-order valence-corrected chi connectivity index (χ2v) is 4.66. The first-order valence-electron chi connectivity index (χ1n) is 6.33. The summed E-state index contributed by atoms with van der Waals surface area (Å²) in [6.45, 7) is 3.86. The zero-order chi connectivity index (χ0) is 14.5. The van der Waals surface area contributed by atoms with Gasteiger partial charge in [0, 0.05) is 17.5 Å². The van der Waals surface area contributed by atoms with Crippen LogP contribution in [0.3, 0.4) is 0 Å². The Morgan fingerprint density at radius 1 is 1.25 bits per heavy atom. The Bertz CT molecular complexity index is 642. The number of hydrogen-bond acceptors (Lipinski definition) is 3. The van der Waals surface area contributed by atoms with Gasteiger partial charge in [0.25, 0.3) is 0 Å². The monoisotopic (exact) mass is 267 g/mol. The molecule has 0 fully saturated rings. The number of carbonyl (C=O) groups excluding carboxylic acids is 1. The molecule has 3 N–H and O–H groups in total. The number of amides is 1. The Balaban J connectivity index is 2.05. The van der Waals surface area contributed by atoms with Crippen molar-refractivity contribution < 1.29 is 4.79 Å². The molecule has 102 valence electrons. The molecule has 0 atom stereocenters. The van der Waals surface area contributed by atoms with Crippen molar-refractivity contribution in [2.45, 2.75) is 13.8 Å². The third-order valence-electron chi connectivity index (χ3n) is 2.69. The van der Waals surface area contributed by atoms with E-state index in [1.165, 1.54) is 6.08 Å². The number of nitrogens with one attached hydrogen (secondary N) is 1. The molecule has 0 bridgehead atoms. The molecule has 1 aromatic heterocycles. The van der Waals surface area contributed by atoms with Crippen LogP contribution in [0, 0.1) is 13.8 Å². The second-order valence-electron chi connectivity index (χ2n) is 4.66. The largest absolute Gasteiger partial charge is 0.399 e. The average Bonchev–Trinajstić information content (AvgIpc) is 2.35. The minimum atomic E-state index is -0.218. The predicted molar refractivity (Wildman–Crippen MR) is 82.2 cm³/mol. The summed E-state index contributed by atoms with van der Waals surface area (Å²) in [4.78, 5) is 16.1. The lowest BCUT2D eigenvalue weighted by Gasteiger charge is -2.04. The van der Waals surface area contributed by atoms with Crippen molar-refractivity contribution in [2.24, 2.45) is 0 Å². The van der Waals surface area contributed by atoms with E-state index in [0.717, 1.165) is 16.8 Å². The van der Waals surface area contributed by atoms with Crippen molar-refractivity contribution in [1.82, 2.24) is 4.98 Å². The first-order chi connectivity index (χ1) is 9.52. The minimum absolute atomic E-state index is 0.218. The highest BCUT2D eigenvalue weighted by molar-refractivity contribution is 6.01. The molecule has 20 heavy (non-hydrogen) atoms. The van der Waals surface area contributed by atoms with Gasteiger partial charge in [-0.25, -0.2) is 4.98 Å². The zero-order valence-electron chi connectivity index (χ0n) is 11.6. The van der Waals surface area contributed by atoms with Crippen molar-refractivity contribution in [2.75, 3.05) is 11.1 Å². The number of aryl methyl sites for hydroxylation is 2. The average molecular weight is 267 g/mol. The number of nitrogen functional groups attached to an aromatic ring is 1. The summed E-state index contributed by atoms with van der Waals surface area (Å²) in [6.07, 6.45) is 3.18. The molecule has 0 spiro atoms. The topological polar surface area (TPSA) is 68.0 Å². The van der Waals surface area contributed by atoms with Crippen LogP contribution in [0.5, 0.6) is 0 Å². The van der Waals surface area contributed by atoms with Crippen molar-refractivity contribution >= 4 is 23.5 Å². The van der Waals surface area contributed by atoms with Gasteiger partial charge in [-0.05, 0) is 55.3 Å². The number of pyridine rings is 1. The molecule has 4 heteroatoms. The molecule has 1 aromatic carbocycles. The minimum Gasteiger partial charge on any atom is -0.399 e. The molecule has 2 aromatic rings. The van der Waals surface area contributed by atoms with Gasteiger partial charge in [0.15, 0.2) is 0 Å². The van der Waals surface area contributed by atoms with E-state index in [1.54, 1.807) is 18.2 Å². The molecule has 0 aliphatic carbocycles. The highest BCUT2D eigenvalue weighted by atomic mass is 16.1. The van der Waals surface area contributed by atoms with Crippen LogP contribution in [0.15, 0.2) is 42.5 Å². The maximum atomic E-state index is 11.8. The molecular formula is C16H17N3O. The molecule has 0 radical (unpaired) electrons. The number of aromatic nitrogens is 1. The fraction of sp³-hybridized carbons (Fsp3) is 0.125. The van der Waals surface area contributed by atoms with Gasteiger partial charge in [-0.15, -0.1) is 0 Å². The van der Waals surface area contributed by atoms with Crippen LogP contribution in [-0.4, -0.2) is 10.9 Å². The summed E-state index contributed by atoms with van der Waals surface area (Å²) >= 11 is 0. The molecule has 0 aliphatic heterocycles. The standard InChI is InChI=1S/C16H17N3O/c1-11-8-12(2)18-15(9-11)19-16(20)7-6-13-4-3-5-14(17)10-13/h3-10H,17H2,1-2H3,(H,18,19,20)/b7-6+. The predicted octanol–water partition coefficient (Wildman–Crippen LogP) is 2.93. The fourth-order valence-corrected chi connectivity index (χ4v) is 1.91. The number of anilines is 2. The lowest BCUT2D eigenvalue weighted by atomic mass is 10.2. The van der Waals surface area contributed by atoms with Crippen LogP contribution in [0.2, 0.25) is 0 Å². The fourth-order valence-electron chi connectivity index (χ4n) is 1.91. The van der Waals surface area contributed by atoms with Gasteiger partial charge in [0.05, 0.1) is 0 Å². The SMILES string of the molecule is Cc1cc(C)nc(NC(=O)/C=C/c2cccc(N)c2)c1. The Labute approximate surface area is 118 Å². The van der Waals surface area contributed by atoms with E-state index >= 15 is 0 Å². The molecule has 0 aliphatic rings. The van der Waals surface area contributed by atoms with Crippen molar-refractivity contribution in [3.8, 4) is 0 Å². The number of benzene rings is 1. The van der Waals surface area contributed by atoms with Gasteiger partial charge in [-0.3, -0.25) is 4.79 Å². The van der Waals surface area contributed by atoms with Crippen LogP contribution in [-0.2, 0) is 4.79 Å². The lowest BCUT2D eigenvalue weighted by molar-refractivity contribution is -0.111. The van der Waals surface area contributed by atoms with Gasteiger partial charge >= 0.3 is 0 Å². The molecule has 2 rings (SSSR count). The van der Waals surface area contributed by atoms with E-state index in [0.29, 0.717) is 11.5 Å². The van der Waals surface area contributed by atoms with Gasteiger partial charge < -0.3 is 11.1 Å². The van der Waals surface area contributed by atoms with Crippen LogP contribution < -0.4 is 11.1 Å². The third-order valence-corrected chi connectivity index (χ3v) is 2.69. The van der Waals surface area contributed by atoms with Crippen LogP contribution in [0.4, 0.5) is 11.5 Å². The van der Waals surface area contributed by atoms with Gasteiger partial charge in [-0.2, -0.15) is 0 Å². The van der Waals surface area contributed by atoms with E-state index in [4.69, 9.17) is 5.73 Å². The third kappa shape index (κ3) is 3.95. The summed E-state index contributed by atoms with van der Waals surface area (Å²) in [6, 6.07) is 11.1. The Morgan fingerprint density at radius 3 is 2.75 bits per heavy atom. The Kier molecular flexibility index (Phi) is 4.15. The zero-order valence-corrected chi connectivity index (χ0v) is 11.6. The number of carbonyl (C=O) groups is 1. The summed E-state index contributed by atoms with van der Waals surface area (Å²) in [7, 11) is 0. The van der Waals surface area contributed by atoms with Gasteiger partial charge in [-0.1, -0.05) is 12.1 Å². The van der Waals surface area contributed by atoms with Crippen LogP contribution in [0.25, 0.3) is 6.08 Å². The smallest absolute Gasteiger partial charge is 0.249 e. The van der Waals surface area contributed by atoms with E-state index in [-0.39, 0.29) is 5.91 Å². The summed E-state index contributed by atoms with van der Waals surface area (Å²) in [5.41, 5.74) is 9.17. The first-order valence-corrected chi connectivity index (χ1v) is 6.33. The van der Waals surface area contributed by atoms with E-state index in [2.05, 4.69) is 10.3 Å². The van der Waals surface area contributed by atoms with Crippen LogP contribution >= 0.6 is 0 Å². The maximum absolute atomic E-state index is 11.8. The summed E-state index contributed by atoms with van der Waals surface area (Å²) in [5, 5.41) is 2.74. The molecule has 1 amide bonds. The van der Waals surface area contributed by atoms with Gasteiger partial charge in [0.1, 0.15) is 5.82 Å². The lowest BCUT2D eigenvalue weighted by Crippen LogP contribution is -2.09. The highest BCUT2D eigenvalue weighted by Crippen LogP contribution is 2.10. The summed E-state index contributed by atoms with van der Waals surface area (Å²) < 4.78 is 0. The molecule has 0 saturated heterocycles. The second kappa shape index (κ2) is 6.02. The van der Waals surface area contributed by atoms with Crippen LogP contribution in [0.1, 0.15) is 16.8 Å². The molecule has 0 unspecified atom stereocenters. The van der Waals surface area contributed by atoms with E-state index < -0.39 is 0 Å².